The van der Waals surface area contributed by atoms with Crippen molar-refractivity contribution in [3.63, 3.8) is 0 Å². The third-order valence-electron chi connectivity index (χ3n) is 1.52. The van der Waals surface area contributed by atoms with Gasteiger partial charge in [0, 0.05) is 6.61 Å². The maximum atomic E-state index is 5.15. The highest BCUT2D eigenvalue weighted by molar-refractivity contribution is 4.86. The number of rotatable bonds is 0. The lowest BCUT2D eigenvalue weighted by molar-refractivity contribution is 0.111. The van der Waals surface area contributed by atoms with Crippen LogP contribution in [-0.4, -0.2) is 25.4 Å². The molecule has 2 aliphatic heterocycles. The molecule has 2 aliphatic rings. The van der Waals surface area contributed by atoms with Gasteiger partial charge in [-0.1, -0.05) is 13.8 Å². The van der Waals surface area contributed by atoms with E-state index in [1.54, 1.807) is 0 Å². The fraction of sp³-hybridized carbons (Fsp3) is 1.00. The smallest absolute Gasteiger partial charge is 0.107 e. The Morgan fingerprint density at radius 2 is 2.00 bits per heavy atom. The summed E-state index contributed by atoms with van der Waals surface area (Å²) < 4.78 is 10.3. The van der Waals surface area contributed by atoms with E-state index in [-0.39, 0.29) is 0 Å². The number of hydrogen-bond donors (Lipinski definition) is 0. The van der Waals surface area contributed by atoms with Gasteiger partial charge in [0.25, 0.3) is 0 Å². The van der Waals surface area contributed by atoms with Crippen molar-refractivity contribution >= 4 is 0 Å². The molecule has 0 aromatic heterocycles. The number of epoxide rings is 1. The number of hydrogen-bond acceptors (Lipinski definition) is 2. The molecule has 2 saturated heterocycles. The molecule has 2 heteroatoms. The summed E-state index contributed by atoms with van der Waals surface area (Å²) >= 11 is 0. The molecule has 2 fully saturated rings. The lowest BCUT2D eigenvalue weighted by Crippen LogP contribution is -2.13. The van der Waals surface area contributed by atoms with Gasteiger partial charge in [0.1, 0.15) is 6.10 Å². The highest BCUT2D eigenvalue weighted by Crippen LogP contribution is 2.28. The lowest BCUT2D eigenvalue weighted by atomic mass is 10.2. The van der Waals surface area contributed by atoms with Crippen molar-refractivity contribution in [3.8, 4) is 0 Å². The third-order valence-corrected chi connectivity index (χ3v) is 1.52. The van der Waals surface area contributed by atoms with E-state index >= 15 is 0 Å². The van der Waals surface area contributed by atoms with Crippen molar-refractivity contribution in [2.24, 2.45) is 0 Å². The minimum absolute atomic E-state index is 0.480. The Bertz CT molecular complexity index is 73.0. The Labute approximate surface area is 56.2 Å². The Balaban J connectivity index is 0.000000186. The molecule has 0 amide bonds. The van der Waals surface area contributed by atoms with Gasteiger partial charge in [-0.2, -0.15) is 0 Å². The van der Waals surface area contributed by atoms with Crippen LogP contribution in [0.4, 0.5) is 0 Å². The molecule has 0 aromatic carbocycles. The highest BCUT2D eigenvalue weighted by Gasteiger charge is 2.40. The van der Waals surface area contributed by atoms with Gasteiger partial charge < -0.3 is 9.47 Å². The van der Waals surface area contributed by atoms with E-state index in [1.807, 2.05) is 13.8 Å². The molecule has 0 aromatic rings. The normalized spacial score (nSPS) is 38.0. The number of fused-ring (bicyclic) bond motifs is 1. The van der Waals surface area contributed by atoms with E-state index < -0.39 is 0 Å². The van der Waals surface area contributed by atoms with E-state index in [0.717, 1.165) is 19.6 Å². The molecule has 2 heterocycles. The highest BCUT2D eigenvalue weighted by atomic mass is 16.6. The van der Waals surface area contributed by atoms with Gasteiger partial charge >= 0.3 is 0 Å². The van der Waals surface area contributed by atoms with Crippen LogP contribution in [0.3, 0.4) is 0 Å². The molecule has 2 unspecified atom stereocenters. The van der Waals surface area contributed by atoms with Gasteiger partial charge in [-0.05, 0) is 6.42 Å². The molecule has 0 saturated carbocycles. The van der Waals surface area contributed by atoms with Gasteiger partial charge in [-0.25, -0.2) is 0 Å². The summed E-state index contributed by atoms with van der Waals surface area (Å²) in [6.07, 6.45) is 2.17. The van der Waals surface area contributed by atoms with Crippen LogP contribution in [0.2, 0.25) is 0 Å². The second-order valence-corrected chi connectivity index (χ2v) is 2.08. The average Bonchev–Trinajstić information content (AvgIpc) is 2.69. The molecule has 2 atom stereocenters. The molecular formula is C7H14O2. The SMILES string of the molecule is C1CC2OC2CO1.CC. The summed E-state index contributed by atoms with van der Waals surface area (Å²) in [5.74, 6) is 0. The van der Waals surface area contributed by atoms with Gasteiger partial charge in [-0.3, -0.25) is 0 Å². The fourth-order valence-electron chi connectivity index (χ4n) is 0.979. The predicted octanol–water partition coefficient (Wildman–Crippen LogP) is 1.20. The van der Waals surface area contributed by atoms with E-state index in [4.69, 9.17) is 9.47 Å². The second kappa shape index (κ2) is 3.18. The molecule has 0 N–H and O–H groups in total. The van der Waals surface area contributed by atoms with Gasteiger partial charge in [-0.15, -0.1) is 0 Å². The van der Waals surface area contributed by atoms with Gasteiger partial charge in [0.15, 0.2) is 0 Å². The Hall–Kier alpha value is -0.0800. The van der Waals surface area contributed by atoms with E-state index in [0.29, 0.717) is 12.2 Å². The minimum Gasteiger partial charge on any atom is -0.379 e. The zero-order valence-corrected chi connectivity index (χ0v) is 6.09. The first-order valence-corrected chi connectivity index (χ1v) is 3.70. The minimum atomic E-state index is 0.480. The van der Waals surface area contributed by atoms with Crippen LogP contribution in [-0.2, 0) is 9.47 Å². The Morgan fingerprint density at radius 3 is 2.44 bits per heavy atom. The van der Waals surface area contributed by atoms with Gasteiger partial charge in [0.2, 0.25) is 0 Å². The monoisotopic (exact) mass is 130 g/mol. The molecule has 0 spiro atoms. The maximum Gasteiger partial charge on any atom is 0.107 e. The van der Waals surface area contributed by atoms with Crippen LogP contribution >= 0.6 is 0 Å². The summed E-state index contributed by atoms with van der Waals surface area (Å²) in [5.41, 5.74) is 0. The zero-order chi connectivity index (χ0) is 6.69. The largest absolute Gasteiger partial charge is 0.379 e. The average molecular weight is 130 g/mol. The molecule has 54 valence electrons. The van der Waals surface area contributed by atoms with Crippen molar-refractivity contribution in [2.45, 2.75) is 32.5 Å². The first kappa shape index (κ1) is 7.03. The van der Waals surface area contributed by atoms with Gasteiger partial charge in [0.05, 0.1) is 12.7 Å². The molecular weight excluding hydrogens is 116 g/mol. The molecule has 2 rings (SSSR count). The number of ether oxygens (including phenoxy) is 2. The van der Waals surface area contributed by atoms with Crippen LogP contribution in [0.15, 0.2) is 0 Å². The van der Waals surface area contributed by atoms with Crippen LogP contribution in [0.1, 0.15) is 20.3 Å². The first-order valence-electron chi connectivity index (χ1n) is 3.70. The van der Waals surface area contributed by atoms with Crippen molar-refractivity contribution < 1.29 is 9.47 Å². The molecule has 9 heavy (non-hydrogen) atoms. The topological polar surface area (TPSA) is 21.8 Å². The Kier molecular flexibility index (Phi) is 2.49. The zero-order valence-electron chi connectivity index (χ0n) is 6.09. The summed E-state index contributed by atoms with van der Waals surface area (Å²) in [5, 5.41) is 0. The van der Waals surface area contributed by atoms with Crippen molar-refractivity contribution in [1.29, 1.82) is 0 Å². The summed E-state index contributed by atoms with van der Waals surface area (Å²) in [6, 6.07) is 0. The van der Waals surface area contributed by atoms with Crippen molar-refractivity contribution in [1.82, 2.24) is 0 Å². The van der Waals surface area contributed by atoms with E-state index in [9.17, 15) is 0 Å². The van der Waals surface area contributed by atoms with Crippen LogP contribution < -0.4 is 0 Å². The van der Waals surface area contributed by atoms with Crippen molar-refractivity contribution in [2.75, 3.05) is 13.2 Å². The predicted molar refractivity (Wildman–Crippen MR) is 35.4 cm³/mol. The van der Waals surface area contributed by atoms with Crippen LogP contribution in [0.25, 0.3) is 0 Å². The first-order chi connectivity index (χ1) is 4.47. The quantitative estimate of drug-likeness (QED) is 0.459. The molecule has 0 radical (unpaired) electrons. The summed E-state index contributed by atoms with van der Waals surface area (Å²) in [6.45, 7) is 5.74. The van der Waals surface area contributed by atoms with E-state index in [1.165, 1.54) is 0 Å². The third kappa shape index (κ3) is 1.66. The molecule has 0 bridgehead atoms. The summed E-state index contributed by atoms with van der Waals surface area (Å²) in [4.78, 5) is 0. The standard InChI is InChI=1S/C5H8O2.C2H6/c1-2-6-3-5-4(1)7-5;1-2/h4-5H,1-3H2;1-2H3. The lowest BCUT2D eigenvalue weighted by Gasteiger charge is -2.03. The molecule has 0 aliphatic carbocycles. The Morgan fingerprint density at radius 1 is 1.22 bits per heavy atom. The second-order valence-electron chi connectivity index (χ2n) is 2.08. The van der Waals surface area contributed by atoms with Crippen LogP contribution in [0, 0.1) is 0 Å². The van der Waals surface area contributed by atoms with Crippen LogP contribution in [0.5, 0.6) is 0 Å². The van der Waals surface area contributed by atoms with Crippen molar-refractivity contribution in [3.05, 3.63) is 0 Å². The van der Waals surface area contributed by atoms with E-state index in [2.05, 4.69) is 0 Å². The fourth-order valence-corrected chi connectivity index (χ4v) is 0.979. The molecule has 2 nitrogen and oxygen atoms in total. The maximum absolute atomic E-state index is 5.15. The summed E-state index contributed by atoms with van der Waals surface area (Å²) in [7, 11) is 0.